The van der Waals surface area contributed by atoms with Gasteiger partial charge in [0.25, 0.3) is 0 Å². The molecular formula is C22H20N2O6. The molecule has 0 N–H and O–H groups in total. The van der Waals surface area contributed by atoms with Crippen LogP contribution in [0.15, 0.2) is 62.8 Å². The van der Waals surface area contributed by atoms with Gasteiger partial charge in [0, 0.05) is 30.0 Å². The number of methoxy groups -OCH3 is 1. The number of fused-ring (bicyclic) bond motifs is 1. The van der Waals surface area contributed by atoms with E-state index in [1.807, 2.05) is 25.1 Å². The van der Waals surface area contributed by atoms with Gasteiger partial charge in [-0.05, 0) is 48.9 Å². The summed E-state index contributed by atoms with van der Waals surface area (Å²) in [6, 6.07) is 13.9. The fourth-order valence-electron chi connectivity index (χ4n) is 3.19. The van der Waals surface area contributed by atoms with Crippen LogP contribution in [0.4, 0.5) is 0 Å². The molecule has 3 aromatic rings. The zero-order valence-electron chi connectivity index (χ0n) is 16.7. The summed E-state index contributed by atoms with van der Waals surface area (Å²) in [6.45, 7) is 3.27. The summed E-state index contributed by atoms with van der Waals surface area (Å²) in [4.78, 5) is 23.6. The SMILES string of the molecule is COc1ccc([C@H]2OC(COc3ccc4c(C)cc(=O)oc4c3)=NN2C(C)=O)cc1. The average Bonchev–Trinajstić information content (AvgIpc) is 3.16. The van der Waals surface area contributed by atoms with E-state index >= 15 is 0 Å². The highest BCUT2D eigenvalue weighted by molar-refractivity contribution is 5.84. The first-order valence-electron chi connectivity index (χ1n) is 9.30. The Kier molecular flexibility index (Phi) is 5.14. The van der Waals surface area contributed by atoms with E-state index in [0.29, 0.717) is 17.1 Å². The van der Waals surface area contributed by atoms with Gasteiger partial charge in [0.15, 0.2) is 6.61 Å². The summed E-state index contributed by atoms with van der Waals surface area (Å²) in [5.74, 6) is 1.20. The van der Waals surface area contributed by atoms with E-state index in [0.717, 1.165) is 16.5 Å². The highest BCUT2D eigenvalue weighted by atomic mass is 16.6. The molecule has 0 bridgehead atoms. The van der Waals surface area contributed by atoms with Crippen LogP contribution in [0.5, 0.6) is 11.5 Å². The minimum absolute atomic E-state index is 0.0119. The number of amides is 1. The summed E-state index contributed by atoms with van der Waals surface area (Å²) in [6.07, 6.45) is -0.677. The average molecular weight is 408 g/mol. The van der Waals surface area contributed by atoms with Crippen LogP contribution in [0.3, 0.4) is 0 Å². The van der Waals surface area contributed by atoms with Gasteiger partial charge in [-0.2, -0.15) is 5.01 Å². The van der Waals surface area contributed by atoms with Crippen LogP contribution in [0.2, 0.25) is 0 Å². The molecular weight excluding hydrogens is 388 g/mol. The van der Waals surface area contributed by atoms with Crippen LogP contribution in [0.25, 0.3) is 11.0 Å². The Balaban J connectivity index is 1.50. The number of benzene rings is 2. The van der Waals surface area contributed by atoms with Crippen LogP contribution in [-0.2, 0) is 9.53 Å². The molecule has 0 saturated heterocycles. The number of hydrogen-bond acceptors (Lipinski definition) is 7. The molecule has 1 amide bonds. The van der Waals surface area contributed by atoms with Crippen LogP contribution in [-0.4, -0.2) is 30.5 Å². The Morgan fingerprint density at radius 2 is 1.87 bits per heavy atom. The van der Waals surface area contributed by atoms with E-state index in [4.69, 9.17) is 18.6 Å². The van der Waals surface area contributed by atoms with Crippen molar-refractivity contribution in [3.8, 4) is 11.5 Å². The van der Waals surface area contributed by atoms with Gasteiger partial charge in [0.05, 0.1) is 7.11 Å². The van der Waals surface area contributed by atoms with Crippen molar-refractivity contribution in [1.82, 2.24) is 5.01 Å². The second-order valence-electron chi connectivity index (χ2n) is 6.80. The highest BCUT2D eigenvalue weighted by Crippen LogP contribution is 2.30. The highest BCUT2D eigenvalue weighted by Gasteiger charge is 2.32. The lowest BCUT2D eigenvalue weighted by atomic mass is 10.1. The Bertz CT molecular complexity index is 1180. The fraction of sp³-hybridized carbons (Fsp3) is 0.227. The molecule has 1 aliphatic rings. The van der Waals surface area contributed by atoms with Crippen molar-refractivity contribution in [2.45, 2.75) is 20.1 Å². The number of rotatable bonds is 5. The number of carbonyl (C=O) groups is 1. The monoisotopic (exact) mass is 408 g/mol. The molecule has 8 nitrogen and oxygen atoms in total. The smallest absolute Gasteiger partial charge is 0.336 e. The van der Waals surface area contributed by atoms with E-state index < -0.39 is 11.9 Å². The van der Waals surface area contributed by atoms with Crippen molar-refractivity contribution in [2.75, 3.05) is 13.7 Å². The predicted octanol–water partition coefficient (Wildman–Crippen LogP) is 3.38. The fourth-order valence-corrected chi connectivity index (χ4v) is 3.19. The third-order valence-electron chi connectivity index (χ3n) is 4.70. The minimum atomic E-state index is -0.677. The molecule has 2 aromatic carbocycles. The second kappa shape index (κ2) is 7.90. The first kappa shape index (κ1) is 19.5. The molecule has 4 rings (SSSR count). The molecule has 1 atom stereocenters. The van der Waals surface area contributed by atoms with Crippen molar-refractivity contribution < 1.29 is 23.4 Å². The summed E-state index contributed by atoms with van der Waals surface area (Å²) >= 11 is 0. The lowest BCUT2D eigenvalue weighted by Crippen LogP contribution is -2.25. The van der Waals surface area contributed by atoms with Crippen molar-refractivity contribution in [3.63, 3.8) is 0 Å². The van der Waals surface area contributed by atoms with Gasteiger partial charge in [-0.1, -0.05) is 0 Å². The molecule has 0 spiro atoms. The summed E-state index contributed by atoms with van der Waals surface area (Å²) in [5.41, 5.74) is 1.61. The first-order valence-corrected chi connectivity index (χ1v) is 9.30. The van der Waals surface area contributed by atoms with Gasteiger partial charge in [0.2, 0.25) is 18.0 Å². The van der Waals surface area contributed by atoms with Crippen LogP contribution >= 0.6 is 0 Å². The van der Waals surface area contributed by atoms with Gasteiger partial charge in [0.1, 0.15) is 17.1 Å². The van der Waals surface area contributed by atoms with Gasteiger partial charge >= 0.3 is 5.63 Å². The minimum Gasteiger partial charge on any atom is -0.497 e. The van der Waals surface area contributed by atoms with E-state index in [1.54, 1.807) is 31.4 Å². The molecule has 0 radical (unpaired) electrons. The van der Waals surface area contributed by atoms with Crippen molar-refractivity contribution >= 4 is 22.8 Å². The van der Waals surface area contributed by atoms with Crippen molar-refractivity contribution in [1.29, 1.82) is 0 Å². The van der Waals surface area contributed by atoms with Gasteiger partial charge in [-0.15, -0.1) is 5.10 Å². The lowest BCUT2D eigenvalue weighted by molar-refractivity contribution is -0.135. The molecule has 8 heteroatoms. The number of carbonyl (C=O) groups excluding carboxylic acids is 1. The maximum absolute atomic E-state index is 12.0. The zero-order valence-corrected chi connectivity index (χ0v) is 16.7. The molecule has 30 heavy (non-hydrogen) atoms. The quantitative estimate of drug-likeness (QED) is 0.601. The predicted molar refractivity (Wildman–Crippen MR) is 109 cm³/mol. The number of hydrazone groups is 1. The van der Waals surface area contributed by atoms with Gasteiger partial charge in [-0.25, -0.2) is 4.79 Å². The summed E-state index contributed by atoms with van der Waals surface area (Å²) in [7, 11) is 1.58. The van der Waals surface area contributed by atoms with E-state index in [2.05, 4.69) is 5.10 Å². The van der Waals surface area contributed by atoms with Gasteiger partial charge < -0.3 is 18.6 Å². The largest absolute Gasteiger partial charge is 0.497 e. The molecule has 0 unspecified atom stereocenters. The number of nitrogens with zero attached hydrogens (tertiary/aromatic N) is 2. The van der Waals surface area contributed by atoms with Crippen LogP contribution in [0, 0.1) is 6.92 Å². The Labute approximate surface area is 172 Å². The molecule has 0 saturated carbocycles. The number of aryl methyl sites for hydroxylation is 1. The molecule has 154 valence electrons. The summed E-state index contributed by atoms with van der Waals surface area (Å²) < 4.78 is 22.0. The zero-order chi connectivity index (χ0) is 21.3. The first-order chi connectivity index (χ1) is 14.4. The Morgan fingerprint density at radius 3 is 2.57 bits per heavy atom. The van der Waals surface area contributed by atoms with Crippen LogP contribution in [0.1, 0.15) is 24.3 Å². The van der Waals surface area contributed by atoms with E-state index in [9.17, 15) is 9.59 Å². The molecule has 1 aliphatic heterocycles. The second-order valence-corrected chi connectivity index (χ2v) is 6.80. The summed E-state index contributed by atoms with van der Waals surface area (Å²) in [5, 5.41) is 6.34. The maximum atomic E-state index is 12.0. The lowest BCUT2D eigenvalue weighted by Gasteiger charge is -2.19. The third-order valence-corrected chi connectivity index (χ3v) is 4.70. The van der Waals surface area contributed by atoms with E-state index in [1.165, 1.54) is 18.0 Å². The molecule has 2 heterocycles. The standard InChI is InChI=1S/C22H20N2O6/c1-13-10-21(26)29-19-11-17(8-9-18(13)19)28-12-20-23-24(14(2)25)22(30-20)15-4-6-16(27-3)7-5-15/h4-11,22H,12H2,1-3H3/t22-/m1/s1. The van der Waals surface area contributed by atoms with Gasteiger partial charge in [-0.3, -0.25) is 4.79 Å². The van der Waals surface area contributed by atoms with E-state index in [-0.39, 0.29) is 18.4 Å². The molecule has 1 aromatic heterocycles. The molecule has 0 fully saturated rings. The number of hydrogen-bond donors (Lipinski definition) is 0. The normalized spacial score (nSPS) is 15.6. The Morgan fingerprint density at radius 1 is 1.13 bits per heavy atom. The van der Waals surface area contributed by atoms with Crippen LogP contribution < -0.4 is 15.1 Å². The topological polar surface area (TPSA) is 90.6 Å². The Hall–Kier alpha value is -3.81. The third kappa shape index (κ3) is 3.84. The van der Waals surface area contributed by atoms with Crippen molar-refractivity contribution in [2.24, 2.45) is 5.10 Å². The number of ether oxygens (including phenoxy) is 3. The maximum Gasteiger partial charge on any atom is 0.336 e. The molecule has 0 aliphatic carbocycles. The van der Waals surface area contributed by atoms with Crippen molar-refractivity contribution in [3.05, 3.63) is 70.1 Å².